The van der Waals surface area contributed by atoms with Gasteiger partial charge in [-0.2, -0.15) is 0 Å². The Hall–Kier alpha value is -1.87. The van der Waals surface area contributed by atoms with Crippen LogP contribution in [0.1, 0.15) is 33.5 Å². The first kappa shape index (κ1) is 15.5. The van der Waals surface area contributed by atoms with Gasteiger partial charge in [-0.1, -0.05) is 20.8 Å². The first-order valence-electron chi connectivity index (χ1n) is 6.54. The third-order valence-electron chi connectivity index (χ3n) is 2.76. The fraction of sp³-hybridized carbons (Fsp3) is 0.500. The van der Waals surface area contributed by atoms with Gasteiger partial charge in [-0.05, 0) is 18.7 Å². The van der Waals surface area contributed by atoms with E-state index in [1.54, 1.807) is 10.6 Å². The molecule has 114 valence electrons. The summed E-state index contributed by atoms with van der Waals surface area (Å²) in [5.74, 6) is 6.65. The molecule has 8 nitrogen and oxygen atoms in total. The number of hydrazine groups is 1. The average molecular weight is 309 g/mol. The number of aromatic nitrogens is 5. The molecule has 0 radical (unpaired) electrons. The Morgan fingerprint density at radius 3 is 2.71 bits per heavy atom. The number of anilines is 1. The van der Waals surface area contributed by atoms with Gasteiger partial charge in [0.05, 0.1) is 0 Å². The third-order valence-corrected chi connectivity index (χ3v) is 3.67. The van der Waals surface area contributed by atoms with E-state index < -0.39 is 0 Å². The molecule has 0 aliphatic heterocycles. The van der Waals surface area contributed by atoms with E-state index >= 15 is 0 Å². The number of hydrogen-bond acceptors (Lipinski definition) is 7. The van der Waals surface area contributed by atoms with Crippen molar-refractivity contribution in [3.63, 3.8) is 0 Å². The first-order valence-corrected chi connectivity index (χ1v) is 7.36. The second kappa shape index (κ2) is 5.86. The van der Waals surface area contributed by atoms with Crippen molar-refractivity contribution in [3.8, 4) is 0 Å². The number of rotatable bonds is 4. The van der Waals surface area contributed by atoms with E-state index in [4.69, 9.17) is 5.84 Å². The van der Waals surface area contributed by atoms with Crippen LogP contribution < -0.4 is 17.0 Å². The molecule has 0 bridgehead atoms. The van der Waals surface area contributed by atoms with Crippen molar-refractivity contribution in [3.05, 3.63) is 22.4 Å². The molecule has 9 heteroatoms. The van der Waals surface area contributed by atoms with E-state index in [2.05, 4.69) is 25.6 Å². The highest BCUT2D eigenvalue weighted by molar-refractivity contribution is 7.99. The molecule has 21 heavy (non-hydrogen) atoms. The van der Waals surface area contributed by atoms with Crippen LogP contribution in [0.3, 0.4) is 0 Å². The quantitative estimate of drug-likeness (QED) is 0.440. The maximum Gasteiger partial charge on any atom is 0.343 e. The Labute approximate surface area is 126 Å². The number of nitrogen functional groups attached to an aromatic ring is 1. The lowest BCUT2D eigenvalue weighted by molar-refractivity contribution is 0.539. The Balaban J connectivity index is 2.42. The highest BCUT2D eigenvalue weighted by Crippen LogP contribution is 2.28. The average Bonchev–Trinajstić information content (AvgIpc) is 2.77. The molecule has 0 spiro atoms. The number of hydrogen-bond donors (Lipinski definition) is 3. The van der Waals surface area contributed by atoms with Gasteiger partial charge in [0.1, 0.15) is 16.7 Å². The van der Waals surface area contributed by atoms with Crippen LogP contribution in [0.2, 0.25) is 0 Å². The van der Waals surface area contributed by atoms with Crippen molar-refractivity contribution >= 4 is 17.6 Å². The van der Waals surface area contributed by atoms with Gasteiger partial charge in [0.15, 0.2) is 5.16 Å². The fourth-order valence-electron chi connectivity index (χ4n) is 1.64. The zero-order valence-corrected chi connectivity index (χ0v) is 13.3. The van der Waals surface area contributed by atoms with Crippen LogP contribution >= 0.6 is 11.8 Å². The largest absolute Gasteiger partial charge is 0.343 e. The molecule has 0 saturated carbocycles. The number of H-pyrrole nitrogens is 1. The maximum absolute atomic E-state index is 11.6. The summed E-state index contributed by atoms with van der Waals surface area (Å²) in [5.41, 5.74) is 2.09. The van der Waals surface area contributed by atoms with Crippen molar-refractivity contribution in [1.82, 2.24) is 24.7 Å². The van der Waals surface area contributed by atoms with E-state index in [0.717, 1.165) is 0 Å². The SMILES string of the molecule is CCn1c(Sc2cc(NN)nc(C(C)(C)C)n2)n[nH]c1=O. The Kier molecular flexibility index (Phi) is 4.33. The van der Waals surface area contributed by atoms with Gasteiger partial charge in [-0.15, -0.1) is 5.10 Å². The Morgan fingerprint density at radius 2 is 2.14 bits per heavy atom. The lowest BCUT2D eigenvalue weighted by Gasteiger charge is -2.18. The van der Waals surface area contributed by atoms with E-state index in [-0.39, 0.29) is 11.1 Å². The molecule has 0 aliphatic rings. The summed E-state index contributed by atoms with van der Waals surface area (Å²) in [6, 6.07) is 1.72. The molecule has 2 heterocycles. The lowest BCUT2D eigenvalue weighted by atomic mass is 9.96. The predicted molar refractivity (Wildman–Crippen MR) is 81.2 cm³/mol. The minimum Gasteiger partial charge on any atom is -0.308 e. The Bertz CT molecular complexity index is 686. The summed E-state index contributed by atoms with van der Waals surface area (Å²) in [4.78, 5) is 20.5. The highest BCUT2D eigenvalue weighted by Gasteiger charge is 2.20. The normalized spacial score (nSPS) is 11.7. The molecule has 0 amide bonds. The first-order chi connectivity index (χ1) is 9.85. The van der Waals surface area contributed by atoms with Gasteiger partial charge in [0.25, 0.3) is 0 Å². The van der Waals surface area contributed by atoms with Gasteiger partial charge in [0, 0.05) is 18.0 Å². The minimum atomic E-state index is -0.234. The van der Waals surface area contributed by atoms with Crippen molar-refractivity contribution in [2.75, 3.05) is 5.43 Å². The predicted octanol–water partition coefficient (Wildman–Crippen LogP) is 1.12. The monoisotopic (exact) mass is 309 g/mol. The Morgan fingerprint density at radius 1 is 1.43 bits per heavy atom. The standard InChI is InChI=1S/C12H19N7OS/c1-5-19-10(20)17-18-11(19)21-8-6-7(16-13)14-9(15-8)12(2,3)4/h6H,5,13H2,1-4H3,(H,17,20)(H,14,15,16). The van der Waals surface area contributed by atoms with E-state index in [1.807, 2.05) is 27.7 Å². The third kappa shape index (κ3) is 3.42. The van der Waals surface area contributed by atoms with Crippen LogP contribution in [-0.2, 0) is 12.0 Å². The van der Waals surface area contributed by atoms with E-state index in [1.165, 1.54) is 11.8 Å². The summed E-state index contributed by atoms with van der Waals surface area (Å²) in [6.07, 6.45) is 0. The van der Waals surface area contributed by atoms with Crippen LogP contribution in [0.5, 0.6) is 0 Å². The molecule has 2 aromatic heterocycles. The number of aromatic amines is 1. The molecule has 2 aromatic rings. The van der Waals surface area contributed by atoms with Crippen LogP contribution in [0.25, 0.3) is 0 Å². The molecule has 0 aromatic carbocycles. The topological polar surface area (TPSA) is 115 Å². The number of nitrogens with two attached hydrogens (primary N) is 1. The maximum atomic E-state index is 11.6. The van der Waals surface area contributed by atoms with Crippen molar-refractivity contribution in [1.29, 1.82) is 0 Å². The van der Waals surface area contributed by atoms with Gasteiger partial charge < -0.3 is 5.43 Å². The second-order valence-electron chi connectivity index (χ2n) is 5.47. The molecule has 0 saturated heterocycles. The molecule has 0 aliphatic carbocycles. The molecular formula is C12H19N7OS. The van der Waals surface area contributed by atoms with Gasteiger partial charge in [-0.25, -0.2) is 25.7 Å². The lowest BCUT2D eigenvalue weighted by Crippen LogP contribution is -2.19. The van der Waals surface area contributed by atoms with Crippen molar-refractivity contribution < 1.29 is 0 Å². The van der Waals surface area contributed by atoms with Crippen LogP contribution in [0.4, 0.5) is 5.82 Å². The zero-order chi connectivity index (χ0) is 15.6. The fourth-order valence-corrected chi connectivity index (χ4v) is 2.54. The summed E-state index contributed by atoms with van der Waals surface area (Å²) >= 11 is 1.29. The molecule has 0 unspecified atom stereocenters. The zero-order valence-electron chi connectivity index (χ0n) is 12.5. The minimum absolute atomic E-state index is 0.210. The summed E-state index contributed by atoms with van der Waals surface area (Å²) in [7, 11) is 0. The van der Waals surface area contributed by atoms with Gasteiger partial charge >= 0.3 is 5.69 Å². The van der Waals surface area contributed by atoms with Crippen LogP contribution in [0, 0.1) is 0 Å². The van der Waals surface area contributed by atoms with Gasteiger partial charge in [-0.3, -0.25) is 4.57 Å². The molecule has 0 atom stereocenters. The van der Waals surface area contributed by atoms with Crippen LogP contribution in [0.15, 0.2) is 21.0 Å². The van der Waals surface area contributed by atoms with E-state index in [9.17, 15) is 4.79 Å². The highest BCUT2D eigenvalue weighted by atomic mass is 32.2. The second-order valence-corrected chi connectivity index (χ2v) is 6.45. The van der Waals surface area contributed by atoms with Crippen molar-refractivity contribution in [2.45, 2.75) is 49.8 Å². The number of nitrogens with one attached hydrogen (secondary N) is 2. The molecule has 4 N–H and O–H groups in total. The molecule has 2 rings (SSSR count). The van der Waals surface area contributed by atoms with Crippen molar-refractivity contribution in [2.24, 2.45) is 5.84 Å². The van der Waals surface area contributed by atoms with Gasteiger partial charge in [0.2, 0.25) is 0 Å². The smallest absolute Gasteiger partial charge is 0.308 e. The summed E-state index contributed by atoms with van der Waals surface area (Å²) < 4.78 is 1.54. The number of nitrogens with zero attached hydrogens (tertiary/aromatic N) is 4. The summed E-state index contributed by atoms with van der Waals surface area (Å²) in [6.45, 7) is 8.49. The summed E-state index contributed by atoms with van der Waals surface area (Å²) in [5, 5.41) is 7.68. The van der Waals surface area contributed by atoms with Crippen LogP contribution in [-0.4, -0.2) is 24.7 Å². The van der Waals surface area contributed by atoms with E-state index in [0.29, 0.717) is 28.4 Å². The molecular weight excluding hydrogens is 290 g/mol. The molecule has 0 fully saturated rings.